The Labute approximate surface area is 132 Å². The summed E-state index contributed by atoms with van der Waals surface area (Å²) in [6, 6.07) is 7.84. The maximum Gasteiger partial charge on any atom is 0.198 e. The maximum absolute atomic E-state index is 6.34. The highest BCUT2D eigenvalue weighted by Gasteiger charge is 2.17. The molecule has 0 spiro atoms. The largest absolute Gasteiger partial charge is 0.331 e. The molecule has 0 fully saturated rings. The summed E-state index contributed by atoms with van der Waals surface area (Å²) >= 11 is 12.7. The number of halogens is 2. The Morgan fingerprint density at radius 2 is 1.71 bits per heavy atom. The van der Waals surface area contributed by atoms with E-state index in [1.807, 2.05) is 49.0 Å². The van der Waals surface area contributed by atoms with Crippen molar-refractivity contribution >= 4 is 23.2 Å². The second-order valence-corrected chi connectivity index (χ2v) is 5.40. The molecule has 2 aromatic heterocycles. The highest BCUT2D eigenvalue weighted by molar-refractivity contribution is 6.37. The first-order valence-electron chi connectivity index (χ1n) is 6.34. The molecular formula is C15H12Cl2N4. The van der Waals surface area contributed by atoms with E-state index in [1.165, 1.54) is 0 Å². The molecule has 4 nitrogen and oxygen atoms in total. The SMILES string of the molecule is Cc1ccccc1-c1c(Cl)nc(-c2nccn2C)nc1Cl. The molecule has 0 amide bonds. The van der Waals surface area contributed by atoms with Gasteiger partial charge < -0.3 is 4.57 Å². The third-order valence-electron chi connectivity index (χ3n) is 3.26. The summed E-state index contributed by atoms with van der Waals surface area (Å²) in [5.74, 6) is 1.03. The number of rotatable bonds is 2. The van der Waals surface area contributed by atoms with E-state index in [1.54, 1.807) is 6.20 Å². The number of imidazole rings is 1. The first kappa shape index (κ1) is 14.0. The summed E-state index contributed by atoms with van der Waals surface area (Å²) < 4.78 is 1.81. The molecule has 0 bridgehead atoms. The lowest BCUT2D eigenvalue weighted by molar-refractivity contribution is 0.906. The molecule has 0 saturated heterocycles. The highest BCUT2D eigenvalue weighted by atomic mass is 35.5. The van der Waals surface area contributed by atoms with Gasteiger partial charge in [0.05, 0.1) is 5.56 Å². The van der Waals surface area contributed by atoms with Crippen LogP contribution >= 0.6 is 23.2 Å². The Balaban J connectivity index is 2.18. The van der Waals surface area contributed by atoms with E-state index in [0.717, 1.165) is 11.1 Å². The van der Waals surface area contributed by atoms with Gasteiger partial charge in [-0.1, -0.05) is 47.5 Å². The first-order valence-corrected chi connectivity index (χ1v) is 7.10. The second-order valence-electron chi connectivity index (χ2n) is 4.68. The van der Waals surface area contributed by atoms with Gasteiger partial charge in [0.25, 0.3) is 0 Å². The van der Waals surface area contributed by atoms with Gasteiger partial charge in [-0.05, 0) is 18.1 Å². The van der Waals surface area contributed by atoms with Crippen LogP contribution in [0.2, 0.25) is 10.3 Å². The fraction of sp³-hybridized carbons (Fsp3) is 0.133. The van der Waals surface area contributed by atoms with Crippen molar-refractivity contribution in [3.05, 3.63) is 52.5 Å². The molecule has 3 aromatic rings. The lowest BCUT2D eigenvalue weighted by Gasteiger charge is -2.10. The summed E-state index contributed by atoms with van der Waals surface area (Å²) in [4.78, 5) is 12.9. The van der Waals surface area contributed by atoms with Crippen LogP contribution in [0.25, 0.3) is 22.8 Å². The normalized spacial score (nSPS) is 10.9. The van der Waals surface area contributed by atoms with Crippen LogP contribution < -0.4 is 0 Å². The topological polar surface area (TPSA) is 43.6 Å². The molecule has 0 aliphatic rings. The predicted octanol–water partition coefficient (Wildman–Crippen LogP) is 4.16. The highest BCUT2D eigenvalue weighted by Crippen LogP contribution is 2.35. The number of hydrogen-bond donors (Lipinski definition) is 0. The minimum absolute atomic E-state index is 0.322. The molecule has 106 valence electrons. The molecular weight excluding hydrogens is 307 g/mol. The average Bonchev–Trinajstić information content (AvgIpc) is 2.86. The van der Waals surface area contributed by atoms with E-state index in [0.29, 0.717) is 27.5 Å². The lowest BCUT2D eigenvalue weighted by atomic mass is 10.0. The summed E-state index contributed by atoms with van der Waals surface area (Å²) in [5, 5.41) is 0.643. The van der Waals surface area contributed by atoms with Crippen molar-refractivity contribution in [2.45, 2.75) is 6.92 Å². The molecule has 21 heavy (non-hydrogen) atoms. The zero-order chi connectivity index (χ0) is 15.0. The molecule has 0 saturated carbocycles. The van der Waals surface area contributed by atoms with E-state index >= 15 is 0 Å². The van der Waals surface area contributed by atoms with E-state index in [-0.39, 0.29) is 0 Å². The summed E-state index contributed by atoms with van der Waals surface area (Å²) in [6.07, 6.45) is 3.49. The van der Waals surface area contributed by atoms with Gasteiger partial charge in [-0.15, -0.1) is 0 Å². The zero-order valence-corrected chi connectivity index (χ0v) is 13.0. The molecule has 0 radical (unpaired) electrons. The van der Waals surface area contributed by atoms with Crippen molar-refractivity contribution in [3.63, 3.8) is 0 Å². The number of benzene rings is 1. The minimum Gasteiger partial charge on any atom is -0.331 e. The van der Waals surface area contributed by atoms with Crippen LogP contribution in [0.1, 0.15) is 5.56 Å². The van der Waals surface area contributed by atoms with Crippen LogP contribution in [0.15, 0.2) is 36.7 Å². The van der Waals surface area contributed by atoms with Gasteiger partial charge in [-0.3, -0.25) is 0 Å². The van der Waals surface area contributed by atoms with Crippen LogP contribution in [0, 0.1) is 6.92 Å². The van der Waals surface area contributed by atoms with Crippen LogP contribution in [-0.2, 0) is 7.05 Å². The molecule has 2 heterocycles. The maximum atomic E-state index is 6.34. The van der Waals surface area contributed by atoms with E-state index in [4.69, 9.17) is 23.2 Å². The Bertz CT molecular complexity index is 788. The van der Waals surface area contributed by atoms with Crippen LogP contribution in [0.3, 0.4) is 0 Å². The Morgan fingerprint density at radius 3 is 2.29 bits per heavy atom. The van der Waals surface area contributed by atoms with E-state index < -0.39 is 0 Å². The quantitative estimate of drug-likeness (QED) is 0.666. The van der Waals surface area contributed by atoms with E-state index in [9.17, 15) is 0 Å². The summed E-state index contributed by atoms with van der Waals surface area (Å²) in [6.45, 7) is 1.99. The molecule has 6 heteroatoms. The Morgan fingerprint density at radius 1 is 1.05 bits per heavy atom. The Kier molecular flexibility index (Phi) is 3.66. The number of nitrogens with zero attached hydrogens (tertiary/aromatic N) is 4. The van der Waals surface area contributed by atoms with Gasteiger partial charge in [-0.2, -0.15) is 0 Å². The third-order valence-corrected chi connectivity index (χ3v) is 3.80. The second kappa shape index (κ2) is 5.47. The average molecular weight is 319 g/mol. The number of hydrogen-bond acceptors (Lipinski definition) is 3. The van der Waals surface area contributed by atoms with Crippen molar-refractivity contribution in [2.75, 3.05) is 0 Å². The fourth-order valence-corrected chi connectivity index (χ4v) is 2.76. The van der Waals surface area contributed by atoms with Crippen molar-refractivity contribution < 1.29 is 0 Å². The van der Waals surface area contributed by atoms with Gasteiger partial charge in [-0.25, -0.2) is 15.0 Å². The predicted molar refractivity (Wildman–Crippen MR) is 84.4 cm³/mol. The molecule has 0 unspecified atom stereocenters. The third kappa shape index (κ3) is 2.52. The van der Waals surface area contributed by atoms with Crippen molar-refractivity contribution in [2.24, 2.45) is 7.05 Å². The van der Waals surface area contributed by atoms with Crippen LogP contribution in [-0.4, -0.2) is 19.5 Å². The standard InChI is InChI=1S/C15H12Cl2N4/c1-9-5-3-4-6-10(9)11-12(16)19-14(20-13(11)17)15-18-7-8-21(15)2/h3-8H,1-2H3. The van der Waals surface area contributed by atoms with Crippen molar-refractivity contribution in [1.82, 2.24) is 19.5 Å². The van der Waals surface area contributed by atoms with Crippen molar-refractivity contribution in [1.29, 1.82) is 0 Å². The summed E-state index contributed by atoms with van der Waals surface area (Å²) in [5.41, 5.74) is 2.64. The smallest absolute Gasteiger partial charge is 0.198 e. The van der Waals surface area contributed by atoms with Crippen LogP contribution in [0.4, 0.5) is 0 Å². The summed E-state index contributed by atoms with van der Waals surface area (Å²) in [7, 11) is 1.86. The Hall–Kier alpha value is -1.91. The fourth-order valence-electron chi connectivity index (χ4n) is 2.16. The minimum atomic E-state index is 0.322. The number of aryl methyl sites for hydroxylation is 2. The molecule has 0 aliphatic heterocycles. The molecule has 0 atom stereocenters. The van der Waals surface area contributed by atoms with Gasteiger partial charge in [0.2, 0.25) is 0 Å². The van der Waals surface area contributed by atoms with Gasteiger partial charge >= 0.3 is 0 Å². The van der Waals surface area contributed by atoms with Crippen LogP contribution in [0.5, 0.6) is 0 Å². The zero-order valence-electron chi connectivity index (χ0n) is 11.5. The molecule has 3 rings (SSSR count). The molecule has 1 aromatic carbocycles. The van der Waals surface area contributed by atoms with Crippen molar-refractivity contribution in [3.8, 4) is 22.8 Å². The molecule has 0 aliphatic carbocycles. The number of aromatic nitrogens is 4. The van der Waals surface area contributed by atoms with Gasteiger partial charge in [0.1, 0.15) is 10.3 Å². The van der Waals surface area contributed by atoms with Gasteiger partial charge in [0.15, 0.2) is 11.6 Å². The monoisotopic (exact) mass is 318 g/mol. The molecule has 0 N–H and O–H groups in total. The van der Waals surface area contributed by atoms with E-state index in [2.05, 4.69) is 15.0 Å². The first-order chi connectivity index (χ1) is 10.1. The lowest BCUT2D eigenvalue weighted by Crippen LogP contribution is -2.00. The van der Waals surface area contributed by atoms with Gasteiger partial charge in [0, 0.05) is 19.4 Å².